The lowest BCUT2D eigenvalue weighted by Gasteiger charge is -2.24. The standard InChI is InChI=1S/C18H17N3O2/c19-10-12-23-15-7-5-14(6-8-15)13-21-11-9-18(22)20-16-3-1-2-4-17(16)21/h1-8H,9,11-13H2,(H,20,22). The summed E-state index contributed by atoms with van der Waals surface area (Å²) in [5.41, 5.74) is 3.01. The van der Waals surface area contributed by atoms with E-state index < -0.39 is 0 Å². The van der Waals surface area contributed by atoms with Gasteiger partial charge in [0.1, 0.15) is 11.8 Å². The highest BCUT2D eigenvalue weighted by Crippen LogP contribution is 2.29. The number of carbonyl (C=O) groups is 1. The third-order valence-corrected chi connectivity index (χ3v) is 3.73. The quantitative estimate of drug-likeness (QED) is 0.943. The molecule has 1 heterocycles. The summed E-state index contributed by atoms with van der Waals surface area (Å²) in [6, 6.07) is 17.5. The van der Waals surface area contributed by atoms with Gasteiger partial charge >= 0.3 is 0 Å². The highest BCUT2D eigenvalue weighted by atomic mass is 16.5. The van der Waals surface area contributed by atoms with E-state index in [1.54, 1.807) is 0 Å². The predicted molar refractivity (Wildman–Crippen MR) is 88.3 cm³/mol. The first-order chi connectivity index (χ1) is 11.3. The number of fused-ring (bicyclic) bond motifs is 1. The Morgan fingerprint density at radius 3 is 2.74 bits per heavy atom. The summed E-state index contributed by atoms with van der Waals surface area (Å²) in [5.74, 6) is 0.726. The molecule has 0 saturated heterocycles. The predicted octanol–water partition coefficient (Wildman–Crippen LogP) is 2.94. The Morgan fingerprint density at radius 2 is 1.96 bits per heavy atom. The van der Waals surface area contributed by atoms with Gasteiger partial charge in [0, 0.05) is 19.5 Å². The van der Waals surface area contributed by atoms with Gasteiger partial charge in [-0.2, -0.15) is 5.26 Å². The summed E-state index contributed by atoms with van der Waals surface area (Å²) in [6.45, 7) is 1.44. The van der Waals surface area contributed by atoms with E-state index in [0.29, 0.717) is 25.3 Å². The number of ether oxygens (including phenoxy) is 1. The van der Waals surface area contributed by atoms with E-state index in [1.807, 2.05) is 54.6 Å². The zero-order valence-corrected chi connectivity index (χ0v) is 12.7. The van der Waals surface area contributed by atoms with Crippen LogP contribution in [0.2, 0.25) is 0 Å². The molecule has 1 aliphatic heterocycles. The van der Waals surface area contributed by atoms with Crippen molar-refractivity contribution in [1.29, 1.82) is 5.26 Å². The Labute approximate surface area is 135 Å². The van der Waals surface area contributed by atoms with Crippen LogP contribution in [0.3, 0.4) is 0 Å². The molecule has 1 aliphatic rings. The van der Waals surface area contributed by atoms with Crippen LogP contribution in [0.1, 0.15) is 12.0 Å². The topological polar surface area (TPSA) is 65.4 Å². The van der Waals surface area contributed by atoms with Crippen LogP contribution >= 0.6 is 0 Å². The zero-order chi connectivity index (χ0) is 16.1. The fraction of sp³-hybridized carbons (Fsp3) is 0.222. The molecule has 0 aromatic heterocycles. The van der Waals surface area contributed by atoms with Crippen LogP contribution in [0.25, 0.3) is 0 Å². The highest BCUT2D eigenvalue weighted by molar-refractivity contribution is 5.96. The molecule has 0 spiro atoms. The molecule has 0 radical (unpaired) electrons. The summed E-state index contributed by atoms with van der Waals surface area (Å²) in [6.07, 6.45) is 0.470. The number of nitrogens with zero attached hydrogens (tertiary/aromatic N) is 2. The number of hydrogen-bond acceptors (Lipinski definition) is 4. The van der Waals surface area contributed by atoms with Crippen LogP contribution in [-0.4, -0.2) is 19.1 Å². The first-order valence-corrected chi connectivity index (χ1v) is 7.49. The van der Waals surface area contributed by atoms with Gasteiger partial charge in [-0.05, 0) is 29.8 Å². The smallest absolute Gasteiger partial charge is 0.226 e. The minimum atomic E-state index is 0.0419. The van der Waals surface area contributed by atoms with Crippen LogP contribution in [0, 0.1) is 11.3 Å². The summed E-state index contributed by atoms with van der Waals surface area (Å²) in [7, 11) is 0. The number of nitriles is 1. The second kappa shape index (κ2) is 6.84. The molecule has 0 bridgehead atoms. The van der Waals surface area contributed by atoms with Crippen LogP contribution in [0.15, 0.2) is 48.5 Å². The van der Waals surface area contributed by atoms with E-state index >= 15 is 0 Å². The van der Waals surface area contributed by atoms with Crippen molar-refractivity contribution in [2.45, 2.75) is 13.0 Å². The molecule has 1 amide bonds. The Morgan fingerprint density at radius 1 is 1.17 bits per heavy atom. The first kappa shape index (κ1) is 14.9. The maximum atomic E-state index is 11.8. The van der Waals surface area contributed by atoms with Crippen LogP contribution in [-0.2, 0) is 11.3 Å². The van der Waals surface area contributed by atoms with Crippen molar-refractivity contribution in [2.24, 2.45) is 0 Å². The number of amides is 1. The van der Waals surface area contributed by atoms with Gasteiger partial charge in [0.15, 0.2) is 6.61 Å². The number of nitrogens with one attached hydrogen (secondary N) is 1. The van der Waals surface area contributed by atoms with E-state index in [4.69, 9.17) is 10.00 Å². The third-order valence-electron chi connectivity index (χ3n) is 3.73. The average molecular weight is 307 g/mol. The lowest BCUT2D eigenvalue weighted by Crippen LogP contribution is -2.23. The monoisotopic (exact) mass is 307 g/mol. The lowest BCUT2D eigenvalue weighted by atomic mass is 10.1. The van der Waals surface area contributed by atoms with Gasteiger partial charge < -0.3 is 15.0 Å². The molecule has 0 fully saturated rings. The molecule has 2 aromatic carbocycles. The number of carbonyl (C=O) groups excluding carboxylic acids is 1. The molecule has 0 unspecified atom stereocenters. The molecule has 23 heavy (non-hydrogen) atoms. The third kappa shape index (κ3) is 3.61. The highest BCUT2D eigenvalue weighted by Gasteiger charge is 2.18. The Balaban J connectivity index is 1.77. The first-order valence-electron chi connectivity index (χ1n) is 7.49. The molecule has 0 saturated carbocycles. The molecule has 2 aromatic rings. The van der Waals surface area contributed by atoms with Gasteiger partial charge in [0.05, 0.1) is 11.4 Å². The molecule has 5 nitrogen and oxygen atoms in total. The fourth-order valence-electron chi connectivity index (χ4n) is 2.62. The summed E-state index contributed by atoms with van der Waals surface area (Å²) < 4.78 is 5.26. The number of benzene rings is 2. The van der Waals surface area contributed by atoms with Gasteiger partial charge in [-0.15, -0.1) is 0 Å². The second-order valence-electron chi connectivity index (χ2n) is 5.33. The molecule has 5 heteroatoms. The minimum absolute atomic E-state index is 0.0419. The number of para-hydroxylation sites is 2. The Hall–Kier alpha value is -3.00. The Kier molecular flexibility index (Phi) is 4.44. The minimum Gasteiger partial charge on any atom is -0.479 e. The molecule has 0 aliphatic carbocycles. The van der Waals surface area contributed by atoms with E-state index in [2.05, 4.69) is 10.2 Å². The van der Waals surface area contributed by atoms with Crippen molar-refractivity contribution >= 4 is 17.3 Å². The van der Waals surface area contributed by atoms with E-state index in [1.165, 1.54) is 0 Å². The number of anilines is 2. The van der Waals surface area contributed by atoms with Crippen molar-refractivity contribution in [1.82, 2.24) is 0 Å². The van der Waals surface area contributed by atoms with Crippen molar-refractivity contribution in [3.05, 3.63) is 54.1 Å². The lowest BCUT2D eigenvalue weighted by molar-refractivity contribution is -0.115. The number of rotatable bonds is 4. The van der Waals surface area contributed by atoms with Crippen LogP contribution < -0.4 is 15.0 Å². The molecular formula is C18H17N3O2. The molecule has 3 rings (SSSR count). The van der Waals surface area contributed by atoms with E-state index in [0.717, 1.165) is 16.9 Å². The SMILES string of the molecule is N#CCOc1ccc(CN2CCC(=O)Nc3ccccc32)cc1. The summed E-state index contributed by atoms with van der Waals surface area (Å²) in [4.78, 5) is 14.0. The normalized spacial score (nSPS) is 13.5. The van der Waals surface area contributed by atoms with Crippen molar-refractivity contribution < 1.29 is 9.53 Å². The maximum absolute atomic E-state index is 11.8. The van der Waals surface area contributed by atoms with Crippen molar-refractivity contribution in [2.75, 3.05) is 23.4 Å². The van der Waals surface area contributed by atoms with Crippen LogP contribution in [0.5, 0.6) is 5.75 Å². The van der Waals surface area contributed by atoms with Gasteiger partial charge in [-0.25, -0.2) is 0 Å². The fourth-order valence-corrected chi connectivity index (χ4v) is 2.62. The van der Waals surface area contributed by atoms with Crippen LogP contribution in [0.4, 0.5) is 11.4 Å². The second-order valence-corrected chi connectivity index (χ2v) is 5.33. The number of hydrogen-bond donors (Lipinski definition) is 1. The van der Waals surface area contributed by atoms with Crippen molar-refractivity contribution in [3.8, 4) is 11.8 Å². The van der Waals surface area contributed by atoms with Gasteiger partial charge in [0.25, 0.3) is 0 Å². The summed E-state index contributed by atoms with van der Waals surface area (Å²) >= 11 is 0. The zero-order valence-electron chi connectivity index (χ0n) is 12.7. The van der Waals surface area contributed by atoms with Gasteiger partial charge in [-0.1, -0.05) is 24.3 Å². The van der Waals surface area contributed by atoms with Gasteiger partial charge in [-0.3, -0.25) is 4.79 Å². The van der Waals surface area contributed by atoms with E-state index in [-0.39, 0.29) is 12.5 Å². The average Bonchev–Trinajstić information content (AvgIpc) is 2.73. The molecule has 1 N–H and O–H groups in total. The van der Waals surface area contributed by atoms with E-state index in [9.17, 15) is 4.79 Å². The molecule has 0 atom stereocenters. The van der Waals surface area contributed by atoms with Crippen molar-refractivity contribution in [3.63, 3.8) is 0 Å². The Bertz CT molecular complexity index is 735. The molecular weight excluding hydrogens is 290 g/mol. The summed E-state index contributed by atoms with van der Waals surface area (Å²) in [5, 5.41) is 11.5. The largest absolute Gasteiger partial charge is 0.479 e. The molecule has 116 valence electrons. The maximum Gasteiger partial charge on any atom is 0.226 e. The van der Waals surface area contributed by atoms with Gasteiger partial charge in [0.2, 0.25) is 5.91 Å².